The fourth-order valence-electron chi connectivity index (χ4n) is 2.40. The summed E-state index contributed by atoms with van der Waals surface area (Å²) in [5, 5.41) is 4.85. The molecular weight excluding hydrogens is 328 g/mol. The van der Waals surface area contributed by atoms with Gasteiger partial charge in [-0.1, -0.05) is 0 Å². The van der Waals surface area contributed by atoms with Gasteiger partial charge >= 0.3 is 0 Å². The van der Waals surface area contributed by atoms with E-state index in [4.69, 9.17) is 0 Å². The largest absolute Gasteiger partial charge is 0.342 e. The first-order chi connectivity index (χ1) is 9.08. The second kappa shape index (κ2) is 4.90. The summed E-state index contributed by atoms with van der Waals surface area (Å²) in [7, 11) is 0. The van der Waals surface area contributed by atoms with Crippen molar-refractivity contribution in [3.05, 3.63) is 20.8 Å². The highest BCUT2D eigenvalue weighted by atomic mass is 79.9. The van der Waals surface area contributed by atoms with Gasteiger partial charge in [0.1, 0.15) is 12.1 Å². The van der Waals surface area contributed by atoms with Crippen LogP contribution in [-0.2, 0) is 16.1 Å². The van der Waals surface area contributed by atoms with Crippen molar-refractivity contribution in [1.29, 1.82) is 0 Å². The summed E-state index contributed by atoms with van der Waals surface area (Å²) in [6.45, 7) is 2.30. The van der Waals surface area contributed by atoms with Crippen LogP contribution in [0.1, 0.15) is 24.6 Å². The van der Waals surface area contributed by atoms with Crippen LogP contribution in [0, 0.1) is 5.92 Å². The molecule has 0 radical (unpaired) electrons. The smallest absolute Gasteiger partial charge is 0.246 e. The predicted octanol–water partition coefficient (Wildman–Crippen LogP) is 2.14. The number of nitrogens with one attached hydrogen (secondary N) is 1. The van der Waals surface area contributed by atoms with E-state index in [1.165, 1.54) is 0 Å². The minimum atomic E-state index is -0.392. The Morgan fingerprint density at radius 3 is 2.79 bits per heavy atom. The lowest BCUT2D eigenvalue weighted by atomic mass is 10.0. The molecule has 19 heavy (non-hydrogen) atoms. The molecule has 0 bridgehead atoms. The zero-order chi connectivity index (χ0) is 13.6. The number of rotatable bonds is 3. The number of carbonyl (C=O) groups is 2. The zero-order valence-corrected chi connectivity index (χ0v) is 13.0. The molecule has 4 nitrogen and oxygen atoms in total. The van der Waals surface area contributed by atoms with Crippen molar-refractivity contribution < 1.29 is 9.59 Å². The Hall–Kier alpha value is -0.880. The molecule has 1 aromatic rings. The molecule has 2 unspecified atom stereocenters. The van der Waals surface area contributed by atoms with Crippen molar-refractivity contribution in [2.75, 3.05) is 0 Å². The Morgan fingerprint density at radius 1 is 1.47 bits per heavy atom. The number of piperazine rings is 1. The first-order valence-electron chi connectivity index (χ1n) is 6.40. The minimum absolute atomic E-state index is 0.0378. The molecule has 0 aromatic carbocycles. The van der Waals surface area contributed by atoms with E-state index in [1.54, 1.807) is 23.2 Å². The number of hydrogen-bond donors (Lipinski definition) is 1. The molecule has 3 rings (SSSR count). The quantitative estimate of drug-likeness (QED) is 0.914. The Balaban J connectivity index is 1.82. The lowest BCUT2D eigenvalue weighted by molar-refractivity contribution is -0.149. The van der Waals surface area contributed by atoms with Crippen LogP contribution in [0.15, 0.2) is 15.9 Å². The summed E-state index contributed by atoms with van der Waals surface area (Å²) in [6.07, 6.45) is 2.09. The summed E-state index contributed by atoms with van der Waals surface area (Å²) < 4.78 is 1.01. The number of hydrogen-bond acceptors (Lipinski definition) is 3. The monoisotopic (exact) mass is 342 g/mol. The van der Waals surface area contributed by atoms with Crippen LogP contribution in [0.3, 0.4) is 0 Å². The molecule has 1 saturated heterocycles. The predicted molar refractivity (Wildman–Crippen MR) is 76.7 cm³/mol. The Bertz CT molecular complexity index is 526. The van der Waals surface area contributed by atoms with Crippen LogP contribution < -0.4 is 5.32 Å². The molecule has 1 aliphatic heterocycles. The Labute approximate surface area is 124 Å². The minimum Gasteiger partial charge on any atom is -0.342 e. The maximum atomic E-state index is 12.5. The molecule has 1 aromatic heterocycles. The van der Waals surface area contributed by atoms with Gasteiger partial charge in [-0.2, -0.15) is 0 Å². The van der Waals surface area contributed by atoms with Crippen LogP contribution >= 0.6 is 27.3 Å². The zero-order valence-electron chi connectivity index (χ0n) is 10.6. The second-order valence-electron chi connectivity index (χ2n) is 5.16. The Morgan fingerprint density at radius 2 is 2.21 bits per heavy atom. The van der Waals surface area contributed by atoms with Crippen LogP contribution in [0.5, 0.6) is 0 Å². The van der Waals surface area contributed by atoms with Gasteiger partial charge in [-0.15, -0.1) is 11.3 Å². The normalized spacial score (nSPS) is 27.6. The molecule has 1 aliphatic carbocycles. The van der Waals surface area contributed by atoms with Crippen LogP contribution in [0.2, 0.25) is 0 Å². The average molecular weight is 343 g/mol. The average Bonchev–Trinajstić information content (AvgIpc) is 3.14. The molecule has 1 N–H and O–H groups in total. The number of carbonyl (C=O) groups excluding carboxylic acids is 2. The van der Waals surface area contributed by atoms with E-state index in [9.17, 15) is 9.59 Å². The molecule has 6 heteroatoms. The highest BCUT2D eigenvalue weighted by Crippen LogP contribution is 2.36. The van der Waals surface area contributed by atoms with Crippen molar-refractivity contribution >= 4 is 39.1 Å². The third-order valence-corrected chi connectivity index (χ3v) is 5.70. The summed E-state index contributed by atoms with van der Waals surface area (Å²) in [4.78, 5) is 27.3. The van der Waals surface area contributed by atoms with Gasteiger partial charge in [0.2, 0.25) is 11.8 Å². The van der Waals surface area contributed by atoms with E-state index in [0.717, 1.165) is 22.2 Å². The molecule has 2 heterocycles. The Kier molecular flexibility index (Phi) is 3.39. The fourth-order valence-corrected chi connectivity index (χ4v) is 3.88. The van der Waals surface area contributed by atoms with Gasteiger partial charge in [-0.3, -0.25) is 9.59 Å². The van der Waals surface area contributed by atoms with Gasteiger partial charge in [0, 0.05) is 9.35 Å². The van der Waals surface area contributed by atoms with Crippen LogP contribution in [-0.4, -0.2) is 28.8 Å². The molecule has 0 spiro atoms. The summed E-state index contributed by atoms with van der Waals surface area (Å²) in [5.74, 6) is 0.373. The van der Waals surface area contributed by atoms with Crippen molar-refractivity contribution in [3.63, 3.8) is 0 Å². The van der Waals surface area contributed by atoms with E-state index < -0.39 is 6.04 Å². The second-order valence-corrected chi connectivity index (χ2v) is 7.01. The first-order valence-corrected chi connectivity index (χ1v) is 8.08. The van der Waals surface area contributed by atoms with Crippen molar-refractivity contribution in [2.45, 2.75) is 38.4 Å². The van der Waals surface area contributed by atoms with Gasteiger partial charge in [0.05, 0.1) is 6.54 Å². The molecule has 1 saturated carbocycles. The first kappa shape index (κ1) is 13.1. The molecule has 102 valence electrons. The highest BCUT2D eigenvalue weighted by Gasteiger charge is 2.45. The third kappa shape index (κ3) is 2.43. The number of amides is 2. The van der Waals surface area contributed by atoms with Crippen molar-refractivity contribution in [2.24, 2.45) is 5.92 Å². The van der Waals surface area contributed by atoms with E-state index >= 15 is 0 Å². The van der Waals surface area contributed by atoms with Crippen molar-refractivity contribution in [3.8, 4) is 0 Å². The van der Waals surface area contributed by atoms with E-state index in [-0.39, 0.29) is 17.9 Å². The number of nitrogens with zero attached hydrogens (tertiary/aromatic N) is 1. The molecule has 2 atom stereocenters. The fraction of sp³-hybridized carbons (Fsp3) is 0.538. The highest BCUT2D eigenvalue weighted by molar-refractivity contribution is 9.10. The number of thiophene rings is 1. The summed E-state index contributed by atoms with van der Waals surface area (Å²) in [5.41, 5.74) is 0. The van der Waals surface area contributed by atoms with Crippen molar-refractivity contribution in [1.82, 2.24) is 10.2 Å². The van der Waals surface area contributed by atoms with Crippen LogP contribution in [0.4, 0.5) is 0 Å². The van der Waals surface area contributed by atoms with Crippen LogP contribution in [0.25, 0.3) is 0 Å². The number of halogens is 1. The van der Waals surface area contributed by atoms with E-state index in [1.807, 2.05) is 11.4 Å². The lowest BCUT2D eigenvalue weighted by Gasteiger charge is -2.37. The van der Waals surface area contributed by atoms with E-state index in [2.05, 4.69) is 21.2 Å². The lowest BCUT2D eigenvalue weighted by Crippen LogP contribution is -2.62. The van der Waals surface area contributed by atoms with Gasteiger partial charge in [-0.05, 0) is 53.1 Å². The molecule has 2 fully saturated rings. The van der Waals surface area contributed by atoms with Gasteiger partial charge in [0.25, 0.3) is 0 Å². The van der Waals surface area contributed by atoms with Gasteiger partial charge in [0.15, 0.2) is 0 Å². The topological polar surface area (TPSA) is 49.4 Å². The third-order valence-electron chi connectivity index (χ3n) is 3.79. The summed E-state index contributed by atoms with van der Waals surface area (Å²) in [6, 6.07) is 1.27. The van der Waals surface area contributed by atoms with Gasteiger partial charge < -0.3 is 10.2 Å². The molecular formula is C13H15BrN2O2S. The van der Waals surface area contributed by atoms with E-state index in [0.29, 0.717) is 12.5 Å². The molecule has 2 amide bonds. The molecule has 2 aliphatic rings. The maximum absolute atomic E-state index is 12.5. The van der Waals surface area contributed by atoms with Gasteiger partial charge in [-0.25, -0.2) is 0 Å². The summed E-state index contributed by atoms with van der Waals surface area (Å²) >= 11 is 5.08. The standard InChI is InChI=1S/C13H15BrN2O2S/c1-7-12(17)15-11(8-2-3-8)13(18)16(7)6-10-9(14)4-5-19-10/h4-5,7-8,11H,2-3,6H2,1H3,(H,15,17). The maximum Gasteiger partial charge on any atom is 0.246 e. The SMILES string of the molecule is CC1C(=O)NC(C2CC2)C(=O)N1Cc1sccc1Br.